The molecule has 1 aromatic rings. The minimum Gasteiger partial charge on any atom is -0.491 e. The molecule has 20 heavy (non-hydrogen) atoms. The molecular formula is C15H23NO4. The van der Waals surface area contributed by atoms with E-state index in [9.17, 15) is 4.79 Å². The van der Waals surface area contributed by atoms with Crippen LogP contribution in [0.25, 0.3) is 0 Å². The van der Waals surface area contributed by atoms with Gasteiger partial charge in [-0.15, -0.1) is 0 Å². The van der Waals surface area contributed by atoms with E-state index in [1.807, 2.05) is 6.92 Å². The lowest BCUT2D eigenvalue weighted by atomic mass is 10.0. The van der Waals surface area contributed by atoms with Gasteiger partial charge < -0.3 is 14.6 Å². The zero-order chi connectivity index (χ0) is 15.0. The summed E-state index contributed by atoms with van der Waals surface area (Å²) >= 11 is 0. The molecule has 0 aliphatic heterocycles. The Balaban J connectivity index is 2.67. The van der Waals surface area contributed by atoms with Crippen molar-refractivity contribution in [2.75, 3.05) is 19.8 Å². The van der Waals surface area contributed by atoms with E-state index in [1.165, 1.54) is 0 Å². The number of ether oxygens (including phenoxy) is 2. The van der Waals surface area contributed by atoms with E-state index < -0.39 is 5.54 Å². The smallest absolute Gasteiger partial charge is 0.329 e. The van der Waals surface area contributed by atoms with Crippen LogP contribution in [0.15, 0.2) is 24.3 Å². The van der Waals surface area contributed by atoms with Gasteiger partial charge in [-0.25, -0.2) is 4.79 Å². The third kappa shape index (κ3) is 4.51. The fourth-order valence-electron chi connectivity index (χ4n) is 1.78. The molecule has 1 aromatic carbocycles. The van der Waals surface area contributed by atoms with Crippen molar-refractivity contribution in [3.8, 4) is 5.75 Å². The summed E-state index contributed by atoms with van der Waals surface area (Å²) in [7, 11) is 0. The highest BCUT2D eigenvalue weighted by Gasteiger charge is 2.34. The molecule has 0 fully saturated rings. The van der Waals surface area contributed by atoms with Gasteiger partial charge in [0.25, 0.3) is 0 Å². The van der Waals surface area contributed by atoms with Crippen LogP contribution >= 0.6 is 0 Å². The molecule has 112 valence electrons. The summed E-state index contributed by atoms with van der Waals surface area (Å²) in [6.07, 6.45) is 0. The van der Waals surface area contributed by atoms with Gasteiger partial charge in [-0.3, -0.25) is 5.32 Å². The van der Waals surface area contributed by atoms with E-state index in [1.54, 1.807) is 38.1 Å². The lowest BCUT2D eigenvalue weighted by Gasteiger charge is -2.27. The van der Waals surface area contributed by atoms with Crippen molar-refractivity contribution in [2.45, 2.75) is 32.9 Å². The minimum atomic E-state index is -0.875. The number of aliphatic hydroxyl groups is 1. The van der Waals surface area contributed by atoms with Crippen LogP contribution in [-0.4, -0.2) is 36.4 Å². The van der Waals surface area contributed by atoms with Gasteiger partial charge in [-0.2, -0.15) is 0 Å². The van der Waals surface area contributed by atoms with Crippen LogP contribution in [0.3, 0.4) is 0 Å². The normalized spacial score (nSPS) is 13.6. The summed E-state index contributed by atoms with van der Waals surface area (Å²) in [5, 5.41) is 12.1. The quantitative estimate of drug-likeness (QED) is 0.707. The maximum Gasteiger partial charge on any atom is 0.329 e. The standard InChI is InChI=1S/C15H23NO4/c1-4-16-15(3,14(18)19-5-2)11-20-13-8-6-12(10-17)7-9-13/h6-9,16-17H,4-5,10-11H2,1-3H3. The summed E-state index contributed by atoms with van der Waals surface area (Å²) in [5.41, 5.74) is -0.0578. The summed E-state index contributed by atoms with van der Waals surface area (Å²) < 4.78 is 10.7. The number of carbonyl (C=O) groups is 1. The summed E-state index contributed by atoms with van der Waals surface area (Å²) in [5.74, 6) is 0.324. The fraction of sp³-hybridized carbons (Fsp3) is 0.533. The summed E-state index contributed by atoms with van der Waals surface area (Å²) in [6.45, 7) is 6.62. The highest BCUT2D eigenvalue weighted by atomic mass is 16.5. The van der Waals surface area contributed by atoms with Crippen LogP contribution in [0.2, 0.25) is 0 Å². The van der Waals surface area contributed by atoms with E-state index in [0.717, 1.165) is 5.56 Å². The number of nitrogens with one attached hydrogen (secondary N) is 1. The molecule has 1 unspecified atom stereocenters. The van der Waals surface area contributed by atoms with Crippen molar-refractivity contribution >= 4 is 5.97 Å². The first-order valence-electron chi connectivity index (χ1n) is 6.80. The molecule has 5 heteroatoms. The van der Waals surface area contributed by atoms with Crippen molar-refractivity contribution in [2.24, 2.45) is 0 Å². The Labute approximate surface area is 119 Å². The van der Waals surface area contributed by atoms with Gasteiger partial charge >= 0.3 is 5.97 Å². The number of rotatable bonds is 8. The number of likely N-dealkylation sites (N-methyl/N-ethyl adjacent to an activating group) is 1. The molecule has 0 amide bonds. The SMILES string of the molecule is CCNC(C)(COc1ccc(CO)cc1)C(=O)OCC. The molecule has 0 aliphatic carbocycles. The van der Waals surface area contributed by atoms with Crippen LogP contribution in [0.5, 0.6) is 5.75 Å². The van der Waals surface area contributed by atoms with Crippen LogP contribution in [-0.2, 0) is 16.1 Å². The lowest BCUT2D eigenvalue weighted by Crippen LogP contribution is -2.54. The van der Waals surface area contributed by atoms with E-state index >= 15 is 0 Å². The van der Waals surface area contributed by atoms with Crippen molar-refractivity contribution < 1.29 is 19.4 Å². The van der Waals surface area contributed by atoms with Crippen molar-refractivity contribution in [1.82, 2.24) is 5.32 Å². The van der Waals surface area contributed by atoms with Gasteiger partial charge in [0.1, 0.15) is 17.9 Å². The Morgan fingerprint density at radius 3 is 2.45 bits per heavy atom. The Kier molecular flexibility index (Phi) is 6.48. The Hall–Kier alpha value is -1.59. The monoisotopic (exact) mass is 281 g/mol. The van der Waals surface area contributed by atoms with E-state index in [-0.39, 0.29) is 19.2 Å². The van der Waals surface area contributed by atoms with Gasteiger partial charge in [-0.1, -0.05) is 19.1 Å². The second-order valence-electron chi connectivity index (χ2n) is 4.67. The minimum absolute atomic E-state index is 0.00177. The molecule has 0 aromatic heterocycles. The maximum absolute atomic E-state index is 12.0. The first-order valence-corrected chi connectivity index (χ1v) is 6.80. The number of aliphatic hydroxyl groups excluding tert-OH is 1. The molecule has 0 saturated carbocycles. The fourth-order valence-corrected chi connectivity index (χ4v) is 1.78. The van der Waals surface area contributed by atoms with Crippen LogP contribution in [0, 0.1) is 0 Å². The average molecular weight is 281 g/mol. The average Bonchev–Trinajstić information content (AvgIpc) is 2.46. The zero-order valence-corrected chi connectivity index (χ0v) is 12.3. The molecule has 0 saturated heterocycles. The van der Waals surface area contributed by atoms with Gasteiger partial charge in [0.15, 0.2) is 0 Å². The largest absolute Gasteiger partial charge is 0.491 e. The molecule has 0 spiro atoms. The predicted octanol–water partition coefficient (Wildman–Crippen LogP) is 1.49. The summed E-state index contributed by atoms with van der Waals surface area (Å²) in [4.78, 5) is 12.0. The molecule has 2 N–H and O–H groups in total. The topological polar surface area (TPSA) is 67.8 Å². The Bertz CT molecular complexity index is 418. The number of carbonyl (C=O) groups excluding carboxylic acids is 1. The maximum atomic E-state index is 12.0. The van der Waals surface area contributed by atoms with E-state index in [2.05, 4.69) is 5.32 Å². The number of benzene rings is 1. The molecule has 0 radical (unpaired) electrons. The Morgan fingerprint density at radius 2 is 1.95 bits per heavy atom. The molecule has 0 aliphatic rings. The first-order chi connectivity index (χ1) is 9.55. The second-order valence-corrected chi connectivity index (χ2v) is 4.67. The molecule has 1 rings (SSSR count). The van der Waals surface area contributed by atoms with Crippen molar-refractivity contribution in [3.05, 3.63) is 29.8 Å². The summed E-state index contributed by atoms with van der Waals surface area (Å²) in [6, 6.07) is 7.10. The lowest BCUT2D eigenvalue weighted by molar-refractivity contribution is -0.151. The molecular weight excluding hydrogens is 258 g/mol. The van der Waals surface area contributed by atoms with Gasteiger partial charge in [0.2, 0.25) is 0 Å². The number of hydrogen-bond donors (Lipinski definition) is 2. The van der Waals surface area contributed by atoms with Crippen LogP contribution in [0.1, 0.15) is 26.3 Å². The van der Waals surface area contributed by atoms with Crippen molar-refractivity contribution in [1.29, 1.82) is 0 Å². The van der Waals surface area contributed by atoms with E-state index in [4.69, 9.17) is 14.6 Å². The van der Waals surface area contributed by atoms with Crippen LogP contribution < -0.4 is 10.1 Å². The number of hydrogen-bond acceptors (Lipinski definition) is 5. The molecule has 0 bridgehead atoms. The highest BCUT2D eigenvalue weighted by Crippen LogP contribution is 2.15. The predicted molar refractivity (Wildman–Crippen MR) is 76.6 cm³/mol. The second kappa shape index (κ2) is 7.87. The molecule has 0 heterocycles. The van der Waals surface area contributed by atoms with Crippen LogP contribution in [0.4, 0.5) is 0 Å². The van der Waals surface area contributed by atoms with Crippen molar-refractivity contribution in [3.63, 3.8) is 0 Å². The third-order valence-corrected chi connectivity index (χ3v) is 2.93. The number of esters is 1. The Morgan fingerprint density at radius 1 is 1.30 bits per heavy atom. The van der Waals surface area contributed by atoms with Gasteiger partial charge in [0, 0.05) is 0 Å². The molecule has 1 atom stereocenters. The third-order valence-electron chi connectivity index (χ3n) is 2.93. The first kappa shape index (κ1) is 16.5. The molecule has 5 nitrogen and oxygen atoms in total. The van der Waals surface area contributed by atoms with E-state index in [0.29, 0.717) is 18.9 Å². The highest BCUT2D eigenvalue weighted by molar-refractivity contribution is 5.80. The zero-order valence-electron chi connectivity index (χ0n) is 12.3. The van der Waals surface area contributed by atoms with Gasteiger partial charge in [-0.05, 0) is 38.1 Å². The van der Waals surface area contributed by atoms with Gasteiger partial charge in [0.05, 0.1) is 13.2 Å².